The SMILES string of the molecule is Cc1cccc(C(=O)NC(C)c2ccc3ccccc3c2)c1NC(=O)c1ccncc1. The summed E-state index contributed by atoms with van der Waals surface area (Å²) < 4.78 is 0. The molecule has 3 aromatic carbocycles. The average molecular weight is 409 g/mol. The molecular weight excluding hydrogens is 386 g/mol. The summed E-state index contributed by atoms with van der Waals surface area (Å²) in [5, 5.41) is 8.23. The molecule has 0 radical (unpaired) electrons. The Morgan fingerprint density at radius 1 is 0.839 bits per heavy atom. The van der Waals surface area contributed by atoms with Crippen LogP contribution in [0.25, 0.3) is 10.8 Å². The molecule has 154 valence electrons. The highest BCUT2D eigenvalue weighted by Gasteiger charge is 2.18. The molecule has 0 bridgehead atoms. The quantitative estimate of drug-likeness (QED) is 0.471. The van der Waals surface area contributed by atoms with Gasteiger partial charge in [-0.1, -0.05) is 48.5 Å². The van der Waals surface area contributed by atoms with Crippen molar-refractivity contribution >= 4 is 28.3 Å². The van der Waals surface area contributed by atoms with Gasteiger partial charge in [0.15, 0.2) is 0 Å². The van der Waals surface area contributed by atoms with Gasteiger partial charge in [0.2, 0.25) is 0 Å². The van der Waals surface area contributed by atoms with E-state index in [1.807, 2.05) is 44.2 Å². The number of fused-ring (bicyclic) bond motifs is 1. The molecule has 0 saturated heterocycles. The van der Waals surface area contributed by atoms with Crippen molar-refractivity contribution in [1.29, 1.82) is 0 Å². The number of carbonyl (C=O) groups is 2. The van der Waals surface area contributed by atoms with Gasteiger partial charge in [-0.25, -0.2) is 0 Å². The first-order chi connectivity index (χ1) is 15.0. The van der Waals surface area contributed by atoms with Crippen LogP contribution < -0.4 is 10.6 Å². The summed E-state index contributed by atoms with van der Waals surface area (Å²) in [6.45, 7) is 3.82. The van der Waals surface area contributed by atoms with Crippen molar-refractivity contribution in [3.63, 3.8) is 0 Å². The molecule has 2 amide bonds. The van der Waals surface area contributed by atoms with E-state index in [1.54, 1.807) is 30.6 Å². The smallest absolute Gasteiger partial charge is 0.255 e. The van der Waals surface area contributed by atoms with Crippen molar-refractivity contribution in [1.82, 2.24) is 10.3 Å². The number of nitrogens with zero attached hydrogens (tertiary/aromatic N) is 1. The molecule has 5 heteroatoms. The number of aromatic nitrogens is 1. The van der Waals surface area contributed by atoms with Crippen molar-refractivity contribution in [2.75, 3.05) is 5.32 Å². The first-order valence-electron chi connectivity index (χ1n) is 10.1. The van der Waals surface area contributed by atoms with Crippen LogP contribution in [0, 0.1) is 6.92 Å². The van der Waals surface area contributed by atoms with Gasteiger partial charge in [0.25, 0.3) is 11.8 Å². The van der Waals surface area contributed by atoms with E-state index in [2.05, 4.69) is 39.9 Å². The molecule has 31 heavy (non-hydrogen) atoms. The van der Waals surface area contributed by atoms with Crippen molar-refractivity contribution in [3.05, 3.63) is 107 Å². The summed E-state index contributed by atoms with van der Waals surface area (Å²) in [7, 11) is 0. The molecule has 4 rings (SSSR count). The number of carbonyl (C=O) groups excluding carboxylic acids is 2. The van der Waals surface area contributed by atoms with E-state index in [0.29, 0.717) is 16.8 Å². The summed E-state index contributed by atoms with van der Waals surface area (Å²) in [6, 6.07) is 22.8. The van der Waals surface area contributed by atoms with Crippen molar-refractivity contribution < 1.29 is 9.59 Å². The van der Waals surface area contributed by atoms with Gasteiger partial charge in [-0.05, 0) is 60.0 Å². The molecule has 0 aliphatic heterocycles. The predicted molar refractivity (Wildman–Crippen MR) is 123 cm³/mol. The Morgan fingerprint density at radius 3 is 2.35 bits per heavy atom. The monoisotopic (exact) mass is 409 g/mol. The van der Waals surface area contributed by atoms with Crippen LogP contribution in [-0.2, 0) is 0 Å². The lowest BCUT2D eigenvalue weighted by atomic mass is 10.0. The van der Waals surface area contributed by atoms with Crippen LogP contribution in [-0.4, -0.2) is 16.8 Å². The largest absolute Gasteiger partial charge is 0.345 e. The molecule has 1 aromatic heterocycles. The van der Waals surface area contributed by atoms with E-state index in [1.165, 1.54) is 0 Å². The van der Waals surface area contributed by atoms with Crippen LogP contribution in [0.3, 0.4) is 0 Å². The van der Waals surface area contributed by atoms with Crippen LogP contribution in [0.15, 0.2) is 85.2 Å². The number of para-hydroxylation sites is 1. The summed E-state index contributed by atoms with van der Waals surface area (Å²) in [4.78, 5) is 29.7. The molecule has 0 aliphatic carbocycles. The van der Waals surface area contributed by atoms with Gasteiger partial charge in [-0.2, -0.15) is 0 Å². The van der Waals surface area contributed by atoms with Crippen molar-refractivity contribution in [2.45, 2.75) is 19.9 Å². The highest BCUT2D eigenvalue weighted by atomic mass is 16.2. The highest BCUT2D eigenvalue weighted by molar-refractivity contribution is 6.09. The molecule has 2 N–H and O–H groups in total. The molecule has 0 saturated carbocycles. The van der Waals surface area contributed by atoms with Crippen LogP contribution in [0.5, 0.6) is 0 Å². The number of rotatable bonds is 5. The molecule has 1 heterocycles. The topological polar surface area (TPSA) is 71.1 Å². The van der Waals surface area contributed by atoms with Crippen molar-refractivity contribution in [3.8, 4) is 0 Å². The van der Waals surface area contributed by atoms with E-state index in [4.69, 9.17) is 0 Å². The minimum atomic E-state index is -0.284. The third kappa shape index (κ3) is 4.46. The van der Waals surface area contributed by atoms with Gasteiger partial charge in [0.05, 0.1) is 17.3 Å². The Bertz CT molecular complexity index is 1250. The molecule has 1 unspecified atom stereocenters. The number of amides is 2. The summed E-state index contributed by atoms with van der Waals surface area (Å²) in [5.41, 5.74) is 3.24. The van der Waals surface area contributed by atoms with E-state index in [-0.39, 0.29) is 17.9 Å². The number of hydrogen-bond acceptors (Lipinski definition) is 3. The highest BCUT2D eigenvalue weighted by Crippen LogP contribution is 2.24. The maximum absolute atomic E-state index is 13.1. The van der Waals surface area contributed by atoms with E-state index < -0.39 is 0 Å². The standard InChI is InChI=1S/C26H23N3O2/c1-17-6-5-9-23(24(17)29-25(30)20-12-14-27-15-13-20)26(31)28-18(2)21-11-10-19-7-3-4-8-22(19)16-21/h3-16,18H,1-2H3,(H,28,31)(H,29,30). The number of hydrogen-bond donors (Lipinski definition) is 2. The van der Waals surface area contributed by atoms with Crippen LogP contribution in [0.1, 0.15) is 44.8 Å². The first kappa shape index (κ1) is 20.3. The van der Waals surface area contributed by atoms with Crippen molar-refractivity contribution in [2.24, 2.45) is 0 Å². The first-order valence-corrected chi connectivity index (χ1v) is 10.1. The lowest BCUT2D eigenvalue weighted by Gasteiger charge is -2.18. The molecule has 0 spiro atoms. The second-order valence-electron chi connectivity index (χ2n) is 7.49. The normalized spacial score (nSPS) is 11.7. The van der Waals surface area contributed by atoms with Gasteiger partial charge in [0.1, 0.15) is 0 Å². The Kier molecular flexibility index (Phi) is 5.76. The second kappa shape index (κ2) is 8.79. The summed E-state index contributed by atoms with van der Waals surface area (Å²) in [5.74, 6) is -0.525. The minimum Gasteiger partial charge on any atom is -0.345 e. The second-order valence-corrected chi connectivity index (χ2v) is 7.49. The Morgan fingerprint density at radius 2 is 1.58 bits per heavy atom. The van der Waals surface area contributed by atoms with Crippen LogP contribution in [0.2, 0.25) is 0 Å². The van der Waals surface area contributed by atoms with Gasteiger partial charge in [-0.15, -0.1) is 0 Å². The fourth-order valence-electron chi connectivity index (χ4n) is 3.55. The molecule has 5 nitrogen and oxygen atoms in total. The Labute approximate surface area is 181 Å². The molecule has 1 atom stereocenters. The molecule has 4 aromatic rings. The Hall–Kier alpha value is -3.99. The van der Waals surface area contributed by atoms with E-state index in [9.17, 15) is 9.59 Å². The third-order valence-electron chi connectivity index (χ3n) is 5.32. The number of benzene rings is 3. The third-order valence-corrected chi connectivity index (χ3v) is 5.32. The Balaban J connectivity index is 1.56. The number of anilines is 1. The summed E-state index contributed by atoms with van der Waals surface area (Å²) in [6.07, 6.45) is 3.12. The molecule has 0 aliphatic rings. The van der Waals surface area contributed by atoms with E-state index in [0.717, 1.165) is 21.9 Å². The van der Waals surface area contributed by atoms with Gasteiger partial charge < -0.3 is 10.6 Å². The lowest BCUT2D eigenvalue weighted by molar-refractivity contribution is 0.0940. The van der Waals surface area contributed by atoms with Crippen LogP contribution >= 0.6 is 0 Å². The zero-order chi connectivity index (χ0) is 21.8. The van der Waals surface area contributed by atoms with Gasteiger partial charge >= 0.3 is 0 Å². The zero-order valence-electron chi connectivity index (χ0n) is 17.4. The fourth-order valence-corrected chi connectivity index (χ4v) is 3.55. The predicted octanol–water partition coefficient (Wildman–Crippen LogP) is 5.29. The summed E-state index contributed by atoms with van der Waals surface area (Å²) >= 11 is 0. The molecular formula is C26H23N3O2. The van der Waals surface area contributed by atoms with E-state index >= 15 is 0 Å². The fraction of sp³-hybridized carbons (Fsp3) is 0.115. The number of pyridine rings is 1. The van der Waals surface area contributed by atoms with Gasteiger partial charge in [0, 0.05) is 18.0 Å². The average Bonchev–Trinajstić information content (AvgIpc) is 2.80. The zero-order valence-corrected chi connectivity index (χ0v) is 17.4. The maximum atomic E-state index is 13.1. The number of nitrogens with one attached hydrogen (secondary N) is 2. The minimum absolute atomic E-state index is 0.193. The maximum Gasteiger partial charge on any atom is 0.255 e. The van der Waals surface area contributed by atoms with Crippen LogP contribution in [0.4, 0.5) is 5.69 Å². The van der Waals surface area contributed by atoms with Gasteiger partial charge in [-0.3, -0.25) is 14.6 Å². The number of aryl methyl sites for hydroxylation is 1. The lowest BCUT2D eigenvalue weighted by Crippen LogP contribution is -2.28. The molecule has 0 fully saturated rings.